The number of ketones is 1. The summed E-state index contributed by atoms with van der Waals surface area (Å²) in [6.45, 7) is 5.65. The number of hydrogen-bond donors (Lipinski definition) is 2. The van der Waals surface area contributed by atoms with Gasteiger partial charge >= 0.3 is 11.7 Å². The number of ether oxygens (including phenoxy) is 1. The van der Waals surface area contributed by atoms with Gasteiger partial charge in [-0.1, -0.05) is 38.5 Å². The van der Waals surface area contributed by atoms with Gasteiger partial charge in [-0.25, -0.2) is 9.59 Å². The maximum Gasteiger partial charge on any atom is 0.410 e. The van der Waals surface area contributed by atoms with Crippen molar-refractivity contribution in [2.24, 2.45) is 0 Å². The van der Waals surface area contributed by atoms with Crippen LogP contribution in [0.1, 0.15) is 78.9 Å². The molecular formula is C29H33NO6S. The van der Waals surface area contributed by atoms with E-state index in [1.807, 2.05) is 13.0 Å². The number of unbranched alkanes of at least 4 members (excludes halogenated alkanes) is 1. The molecule has 8 heteroatoms. The van der Waals surface area contributed by atoms with Crippen molar-refractivity contribution in [1.82, 2.24) is 5.32 Å². The summed E-state index contributed by atoms with van der Waals surface area (Å²) in [5, 5.41) is 14.1. The van der Waals surface area contributed by atoms with Gasteiger partial charge in [0.2, 0.25) is 0 Å². The highest BCUT2D eigenvalue weighted by Gasteiger charge is 2.22. The molecule has 1 atom stereocenters. The highest BCUT2D eigenvalue weighted by molar-refractivity contribution is 7.19. The first kappa shape index (κ1) is 27.9. The Morgan fingerprint density at radius 2 is 2.03 bits per heavy atom. The van der Waals surface area contributed by atoms with E-state index in [1.165, 1.54) is 24.9 Å². The van der Waals surface area contributed by atoms with Crippen LogP contribution in [0, 0.1) is 0 Å². The first-order chi connectivity index (χ1) is 17.7. The molecule has 0 spiro atoms. The molecule has 3 aromatic rings. The minimum absolute atomic E-state index is 0.192. The molecule has 0 aliphatic heterocycles. The lowest BCUT2D eigenvalue weighted by Gasteiger charge is -2.11. The SMILES string of the molecule is CCCCc1ccc2cc(/C=C(\C)C(=O)c3c(O)cc(C(C)CC/C=C/NC(=O)OC)oc3=O)sc2c1. The quantitative estimate of drug-likeness (QED) is 0.208. The lowest BCUT2D eigenvalue weighted by Crippen LogP contribution is -2.16. The minimum atomic E-state index is -0.862. The molecule has 2 N–H and O–H groups in total. The molecule has 0 saturated carbocycles. The highest BCUT2D eigenvalue weighted by atomic mass is 32.1. The predicted octanol–water partition coefficient (Wildman–Crippen LogP) is 6.94. The Balaban J connectivity index is 1.72. The molecular weight excluding hydrogens is 490 g/mol. The molecule has 2 aromatic heterocycles. The van der Waals surface area contributed by atoms with Crippen molar-refractivity contribution >= 4 is 39.4 Å². The lowest BCUT2D eigenvalue weighted by atomic mass is 10.00. The molecule has 1 unspecified atom stereocenters. The number of carbonyl (C=O) groups excluding carboxylic acids is 2. The second kappa shape index (κ2) is 13.1. The number of aromatic hydroxyl groups is 1. The van der Waals surface area contributed by atoms with E-state index >= 15 is 0 Å². The Hall–Kier alpha value is -3.65. The van der Waals surface area contributed by atoms with Gasteiger partial charge < -0.3 is 14.3 Å². The van der Waals surface area contributed by atoms with Crippen molar-refractivity contribution in [2.75, 3.05) is 7.11 Å². The third kappa shape index (κ3) is 7.43. The van der Waals surface area contributed by atoms with Crippen molar-refractivity contribution in [3.8, 4) is 5.75 Å². The molecule has 0 bridgehead atoms. The van der Waals surface area contributed by atoms with E-state index in [-0.39, 0.29) is 11.5 Å². The summed E-state index contributed by atoms with van der Waals surface area (Å²) in [5.74, 6) is -0.861. The summed E-state index contributed by atoms with van der Waals surface area (Å²) < 4.78 is 11.0. The summed E-state index contributed by atoms with van der Waals surface area (Å²) in [6, 6.07) is 9.77. The van der Waals surface area contributed by atoms with Gasteiger partial charge in [0.15, 0.2) is 5.78 Å². The van der Waals surface area contributed by atoms with Gasteiger partial charge in [0.25, 0.3) is 0 Å². The fourth-order valence-electron chi connectivity index (χ4n) is 3.89. The number of methoxy groups -OCH3 is 1. The lowest BCUT2D eigenvalue weighted by molar-refractivity contribution is 0.102. The van der Waals surface area contributed by atoms with Gasteiger partial charge in [0.05, 0.1) is 7.11 Å². The fraction of sp³-hybridized carbons (Fsp3) is 0.345. The van der Waals surface area contributed by atoms with Crippen molar-refractivity contribution in [3.05, 3.63) is 80.4 Å². The zero-order chi connectivity index (χ0) is 26.9. The van der Waals surface area contributed by atoms with Gasteiger partial charge in [-0.15, -0.1) is 11.3 Å². The average molecular weight is 524 g/mol. The summed E-state index contributed by atoms with van der Waals surface area (Å²) in [5.41, 5.74) is 0.406. The molecule has 1 aromatic carbocycles. The molecule has 196 valence electrons. The number of hydrogen-bond acceptors (Lipinski definition) is 7. The second-order valence-corrected chi connectivity index (χ2v) is 10.1. The summed E-state index contributed by atoms with van der Waals surface area (Å²) in [7, 11) is 1.28. The summed E-state index contributed by atoms with van der Waals surface area (Å²) in [6.07, 6.45) is 8.92. The van der Waals surface area contributed by atoms with Crippen LogP contribution in [-0.2, 0) is 11.2 Å². The monoisotopic (exact) mass is 523 g/mol. The summed E-state index contributed by atoms with van der Waals surface area (Å²) in [4.78, 5) is 37.6. The molecule has 0 aliphatic carbocycles. The van der Waals surface area contributed by atoms with Crippen LogP contribution in [0.15, 0.2) is 57.4 Å². The number of fused-ring (bicyclic) bond motifs is 1. The van der Waals surface area contributed by atoms with Gasteiger partial charge in [0, 0.05) is 27.8 Å². The topological polar surface area (TPSA) is 106 Å². The normalized spacial score (nSPS) is 12.7. The number of aryl methyl sites for hydroxylation is 1. The number of alkyl carbamates (subject to hydrolysis) is 1. The number of carbonyl (C=O) groups is 2. The van der Waals surface area contributed by atoms with Crippen molar-refractivity contribution in [1.29, 1.82) is 0 Å². The Bertz CT molecular complexity index is 1380. The van der Waals surface area contributed by atoms with E-state index < -0.39 is 23.3 Å². The van der Waals surface area contributed by atoms with E-state index in [0.29, 0.717) is 24.2 Å². The van der Waals surface area contributed by atoms with Gasteiger partial charge in [-0.05, 0) is 67.3 Å². The Morgan fingerprint density at radius 1 is 1.24 bits per heavy atom. The zero-order valence-electron chi connectivity index (χ0n) is 21.6. The van der Waals surface area contributed by atoms with Crippen LogP contribution in [0.2, 0.25) is 0 Å². The third-order valence-corrected chi connectivity index (χ3v) is 7.12. The standard InChI is InChI=1S/C29H33NO6S/c1-5-6-10-20-11-12-21-16-22(37-25(21)15-20)14-19(3)27(32)26-23(31)17-24(36-28(26)33)18(2)9-7-8-13-30-29(34)35-4/h8,11-18,31H,5-7,9-10H2,1-4H3,(H,30,34)/b13-8+,19-14+. The predicted molar refractivity (Wildman–Crippen MR) is 147 cm³/mol. The Kier molecular flexibility index (Phi) is 9.85. The molecule has 0 saturated heterocycles. The molecule has 7 nitrogen and oxygen atoms in total. The number of allylic oxidation sites excluding steroid dienone is 2. The van der Waals surface area contributed by atoms with Crippen molar-refractivity contribution < 1.29 is 23.8 Å². The van der Waals surface area contributed by atoms with Crippen LogP contribution >= 0.6 is 11.3 Å². The van der Waals surface area contributed by atoms with Crippen LogP contribution in [0.25, 0.3) is 16.2 Å². The van der Waals surface area contributed by atoms with Crippen LogP contribution < -0.4 is 10.9 Å². The molecule has 0 aliphatic rings. The third-order valence-electron chi connectivity index (χ3n) is 6.07. The first-order valence-electron chi connectivity index (χ1n) is 12.4. The zero-order valence-corrected chi connectivity index (χ0v) is 22.4. The number of amides is 1. The minimum Gasteiger partial charge on any atom is -0.507 e. The molecule has 0 fully saturated rings. The largest absolute Gasteiger partial charge is 0.507 e. The number of thiophene rings is 1. The van der Waals surface area contributed by atoms with E-state index in [1.54, 1.807) is 30.4 Å². The smallest absolute Gasteiger partial charge is 0.410 e. The van der Waals surface area contributed by atoms with Gasteiger partial charge in [0.1, 0.15) is 17.1 Å². The van der Waals surface area contributed by atoms with Crippen LogP contribution in [0.3, 0.4) is 0 Å². The maximum atomic E-state index is 13.0. The van der Waals surface area contributed by atoms with E-state index in [2.05, 4.69) is 35.2 Å². The molecule has 1 amide bonds. The Labute approximate surface area is 220 Å². The Morgan fingerprint density at radius 3 is 2.73 bits per heavy atom. The first-order valence-corrected chi connectivity index (χ1v) is 13.2. The van der Waals surface area contributed by atoms with Crippen LogP contribution in [0.4, 0.5) is 4.79 Å². The van der Waals surface area contributed by atoms with Gasteiger partial charge in [-0.3, -0.25) is 10.1 Å². The van der Waals surface area contributed by atoms with Gasteiger partial charge in [-0.2, -0.15) is 0 Å². The number of nitrogens with one attached hydrogen (secondary N) is 1. The maximum absolute atomic E-state index is 13.0. The van der Waals surface area contributed by atoms with Crippen LogP contribution in [0.5, 0.6) is 5.75 Å². The van der Waals surface area contributed by atoms with Crippen molar-refractivity contribution in [3.63, 3.8) is 0 Å². The number of Topliss-reactive ketones (excluding diaryl/α,β-unsaturated/α-hetero) is 1. The molecule has 2 heterocycles. The van der Waals surface area contributed by atoms with E-state index in [4.69, 9.17) is 4.42 Å². The number of rotatable bonds is 11. The highest BCUT2D eigenvalue weighted by Crippen LogP contribution is 2.30. The second-order valence-electron chi connectivity index (χ2n) is 8.99. The van der Waals surface area contributed by atoms with Crippen molar-refractivity contribution in [2.45, 2.75) is 58.8 Å². The molecule has 37 heavy (non-hydrogen) atoms. The number of benzene rings is 1. The van der Waals surface area contributed by atoms with E-state index in [9.17, 15) is 19.5 Å². The molecule has 3 rings (SSSR count). The fourth-order valence-corrected chi connectivity index (χ4v) is 5.02. The molecule has 0 radical (unpaired) electrons. The van der Waals surface area contributed by atoms with E-state index in [0.717, 1.165) is 34.2 Å². The average Bonchev–Trinajstić information content (AvgIpc) is 3.27. The summed E-state index contributed by atoms with van der Waals surface area (Å²) >= 11 is 1.59. The van der Waals surface area contributed by atoms with Crippen LogP contribution in [-0.4, -0.2) is 24.1 Å².